The van der Waals surface area contributed by atoms with Crippen LogP contribution in [0.15, 0.2) is 18.2 Å². The summed E-state index contributed by atoms with van der Waals surface area (Å²) in [7, 11) is 0. The van der Waals surface area contributed by atoms with Crippen molar-refractivity contribution in [2.24, 2.45) is 0 Å². The van der Waals surface area contributed by atoms with Crippen LogP contribution in [0.25, 0.3) is 0 Å². The van der Waals surface area contributed by atoms with Crippen LogP contribution in [0.2, 0.25) is 5.02 Å². The fourth-order valence-corrected chi connectivity index (χ4v) is 1.56. The molecule has 5 heteroatoms. The predicted octanol–water partition coefficient (Wildman–Crippen LogP) is 3.75. The highest BCUT2D eigenvalue weighted by Crippen LogP contribution is 2.31. The van der Waals surface area contributed by atoms with Crippen molar-refractivity contribution in [3.63, 3.8) is 0 Å². The lowest BCUT2D eigenvalue weighted by Crippen LogP contribution is -2.11. The van der Waals surface area contributed by atoms with Crippen LogP contribution >= 0.6 is 11.6 Å². The van der Waals surface area contributed by atoms with Crippen LogP contribution in [0.1, 0.15) is 39.5 Å². The minimum atomic E-state index is -0.377. The molecule has 4 nitrogen and oxygen atoms in total. The average Bonchev–Trinajstić information content (AvgIpc) is 2.33. The zero-order chi connectivity index (χ0) is 14.3. The van der Waals surface area contributed by atoms with Crippen LogP contribution in [0.4, 0.5) is 0 Å². The van der Waals surface area contributed by atoms with Crippen molar-refractivity contribution in [3.05, 3.63) is 23.2 Å². The Kier molecular flexibility index (Phi) is 6.36. The van der Waals surface area contributed by atoms with Crippen LogP contribution < -0.4 is 9.47 Å². The van der Waals surface area contributed by atoms with Gasteiger partial charge in [-0.15, -0.1) is 0 Å². The van der Waals surface area contributed by atoms with E-state index in [9.17, 15) is 9.59 Å². The molecule has 0 bridgehead atoms. The number of benzene rings is 1. The van der Waals surface area contributed by atoms with Crippen molar-refractivity contribution in [2.75, 3.05) is 0 Å². The Labute approximate surface area is 117 Å². The van der Waals surface area contributed by atoms with Crippen molar-refractivity contribution in [2.45, 2.75) is 39.5 Å². The van der Waals surface area contributed by atoms with E-state index in [2.05, 4.69) is 0 Å². The highest BCUT2D eigenvalue weighted by molar-refractivity contribution is 6.30. The summed E-state index contributed by atoms with van der Waals surface area (Å²) in [5.74, 6) is -0.349. The molecule has 0 aliphatic carbocycles. The summed E-state index contributed by atoms with van der Waals surface area (Å²) in [4.78, 5) is 22.9. The van der Waals surface area contributed by atoms with E-state index in [1.165, 1.54) is 12.1 Å². The first kappa shape index (κ1) is 15.5. The van der Waals surface area contributed by atoms with Crippen molar-refractivity contribution < 1.29 is 19.1 Å². The van der Waals surface area contributed by atoms with Gasteiger partial charge in [0.2, 0.25) is 0 Å². The lowest BCUT2D eigenvalue weighted by molar-refractivity contribution is -0.137. The molecule has 0 aromatic heterocycles. The number of halogens is 1. The molecule has 104 valence electrons. The Morgan fingerprint density at radius 1 is 1.00 bits per heavy atom. The molecule has 0 atom stereocenters. The Bertz CT molecular complexity index is 457. The smallest absolute Gasteiger partial charge is 0.311 e. The largest absolute Gasteiger partial charge is 0.423 e. The maximum absolute atomic E-state index is 11.5. The molecule has 0 N–H and O–H groups in total. The first-order chi connectivity index (χ1) is 9.06. The number of hydrogen-bond acceptors (Lipinski definition) is 4. The molecule has 19 heavy (non-hydrogen) atoms. The minimum Gasteiger partial charge on any atom is -0.423 e. The van der Waals surface area contributed by atoms with Gasteiger partial charge in [0, 0.05) is 23.9 Å². The maximum Gasteiger partial charge on any atom is 0.311 e. The van der Waals surface area contributed by atoms with Crippen LogP contribution in [-0.2, 0) is 9.59 Å². The lowest BCUT2D eigenvalue weighted by atomic mass is 10.3. The predicted molar refractivity (Wildman–Crippen MR) is 72.5 cm³/mol. The van der Waals surface area contributed by atoms with Gasteiger partial charge in [-0.25, -0.2) is 0 Å². The fraction of sp³-hybridized carbons (Fsp3) is 0.429. The van der Waals surface area contributed by atoms with Crippen molar-refractivity contribution in [1.29, 1.82) is 0 Å². The molecule has 1 rings (SSSR count). The monoisotopic (exact) mass is 284 g/mol. The molecule has 0 spiro atoms. The maximum atomic E-state index is 11.5. The normalized spacial score (nSPS) is 10.1. The summed E-state index contributed by atoms with van der Waals surface area (Å²) in [5, 5.41) is 0.412. The van der Waals surface area contributed by atoms with Crippen molar-refractivity contribution in [1.82, 2.24) is 0 Å². The second-order valence-electron chi connectivity index (χ2n) is 4.04. The molecule has 0 amide bonds. The molecule has 0 unspecified atom stereocenters. The third kappa shape index (κ3) is 5.30. The first-order valence-electron chi connectivity index (χ1n) is 6.27. The number of carbonyl (C=O) groups excluding carboxylic acids is 2. The molecule has 0 saturated carbocycles. The summed E-state index contributed by atoms with van der Waals surface area (Å²) >= 11 is 5.84. The lowest BCUT2D eigenvalue weighted by Gasteiger charge is -2.10. The van der Waals surface area contributed by atoms with E-state index in [1.807, 2.05) is 13.8 Å². The zero-order valence-corrected chi connectivity index (χ0v) is 11.8. The van der Waals surface area contributed by atoms with E-state index in [1.54, 1.807) is 6.07 Å². The van der Waals surface area contributed by atoms with Crippen molar-refractivity contribution >= 4 is 23.5 Å². The van der Waals surface area contributed by atoms with E-state index in [4.69, 9.17) is 21.1 Å². The molecule has 0 aliphatic rings. The highest BCUT2D eigenvalue weighted by Gasteiger charge is 2.13. The molecule has 0 aliphatic heterocycles. The molecular weight excluding hydrogens is 268 g/mol. The Morgan fingerprint density at radius 2 is 1.53 bits per heavy atom. The van der Waals surface area contributed by atoms with Crippen LogP contribution in [-0.4, -0.2) is 11.9 Å². The molecule has 1 aromatic carbocycles. The van der Waals surface area contributed by atoms with Gasteiger partial charge in [-0.1, -0.05) is 25.4 Å². The average molecular weight is 285 g/mol. The fourth-order valence-electron chi connectivity index (χ4n) is 1.40. The SMILES string of the molecule is CCCC(=O)Oc1ccc(Cl)cc1OC(=O)CCC. The number of hydrogen-bond donors (Lipinski definition) is 0. The summed E-state index contributed by atoms with van der Waals surface area (Å²) in [6.07, 6.45) is 1.99. The highest BCUT2D eigenvalue weighted by atomic mass is 35.5. The van der Waals surface area contributed by atoms with Gasteiger partial charge in [-0.05, 0) is 25.0 Å². The molecule has 0 heterocycles. The summed E-state index contributed by atoms with van der Waals surface area (Å²) in [6, 6.07) is 4.56. The van der Waals surface area contributed by atoms with E-state index < -0.39 is 0 Å². The van der Waals surface area contributed by atoms with Gasteiger partial charge in [-0.2, -0.15) is 0 Å². The second-order valence-corrected chi connectivity index (χ2v) is 4.48. The number of ether oxygens (including phenoxy) is 2. The molecule has 0 radical (unpaired) electrons. The summed E-state index contributed by atoms with van der Waals surface area (Å²) in [6.45, 7) is 3.76. The van der Waals surface area contributed by atoms with E-state index in [0.29, 0.717) is 30.7 Å². The minimum absolute atomic E-state index is 0.176. The molecule has 0 fully saturated rings. The van der Waals surface area contributed by atoms with Crippen molar-refractivity contribution in [3.8, 4) is 11.5 Å². The summed E-state index contributed by atoms with van der Waals surface area (Å²) in [5.41, 5.74) is 0. The van der Waals surface area contributed by atoms with Gasteiger partial charge >= 0.3 is 11.9 Å². The molecule has 0 saturated heterocycles. The van der Waals surface area contributed by atoms with E-state index >= 15 is 0 Å². The Balaban J connectivity index is 2.85. The van der Waals surface area contributed by atoms with Crippen LogP contribution in [0.3, 0.4) is 0 Å². The van der Waals surface area contributed by atoms with E-state index in [0.717, 1.165) is 0 Å². The Hall–Kier alpha value is -1.55. The van der Waals surface area contributed by atoms with Gasteiger partial charge in [-0.3, -0.25) is 9.59 Å². The van der Waals surface area contributed by atoms with Gasteiger partial charge in [0.1, 0.15) is 0 Å². The van der Waals surface area contributed by atoms with Gasteiger partial charge in [0.05, 0.1) is 0 Å². The third-order valence-corrected chi connectivity index (χ3v) is 2.50. The second kappa shape index (κ2) is 7.79. The molecular formula is C14H17ClO4. The Morgan fingerprint density at radius 3 is 2.05 bits per heavy atom. The van der Waals surface area contributed by atoms with Gasteiger partial charge < -0.3 is 9.47 Å². The van der Waals surface area contributed by atoms with Gasteiger partial charge in [0.25, 0.3) is 0 Å². The molecule has 1 aromatic rings. The van der Waals surface area contributed by atoms with Gasteiger partial charge in [0.15, 0.2) is 11.5 Å². The topological polar surface area (TPSA) is 52.6 Å². The van der Waals surface area contributed by atoms with E-state index in [-0.39, 0.29) is 23.4 Å². The van der Waals surface area contributed by atoms with Crippen LogP contribution in [0.5, 0.6) is 11.5 Å². The number of carbonyl (C=O) groups is 2. The third-order valence-electron chi connectivity index (χ3n) is 2.26. The quantitative estimate of drug-likeness (QED) is 0.590. The first-order valence-corrected chi connectivity index (χ1v) is 6.65. The standard InChI is InChI=1S/C14H17ClO4/c1-3-5-13(16)18-11-8-7-10(15)9-12(11)19-14(17)6-4-2/h7-9H,3-6H2,1-2H3. The number of esters is 2. The summed E-state index contributed by atoms with van der Waals surface area (Å²) < 4.78 is 10.3. The zero-order valence-electron chi connectivity index (χ0n) is 11.1. The number of rotatable bonds is 6. The van der Waals surface area contributed by atoms with Crippen LogP contribution in [0, 0.1) is 0 Å².